The summed E-state index contributed by atoms with van der Waals surface area (Å²) in [6.07, 6.45) is 4.59. The summed E-state index contributed by atoms with van der Waals surface area (Å²) in [5.41, 5.74) is 5.20. The van der Waals surface area contributed by atoms with Gasteiger partial charge >= 0.3 is 0 Å². The lowest BCUT2D eigenvalue weighted by Crippen LogP contribution is -2.51. The lowest BCUT2D eigenvalue weighted by atomic mass is 9.96. The molecule has 6 rings (SSSR count). The zero-order valence-electron chi connectivity index (χ0n) is 19.7. The molecule has 0 bridgehead atoms. The number of benzene rings is 2. The zero-order chi connectivity index (χ0) is 23.9. The van der Waals surface area contributed by atoms with Crippen molar-refractivity contribution in [1.29, 1.82) is 0 Å². The van der Waals surface area contributed by atoms with Crippen molar-refractivity contribution in [2.45, 2.75) is 32.1 Å². The van der Waals surface area contributed by atoms with E-state index in [0.29, 0.717) is 32.6 Å². The van der Waals surface area contributed by atoms with Crippen molar-refractivity contribution in [3.8, 4) is 0 Å². The van der Waals surface area contributed by atoms with Gasteiger partial charge in [0.25, 0.3) is 5.91 Å². The molecule has 0 unspecified atom stereocenters. The molecule has 0 aliphatic carbocycles. The van der Waals surface area contributed by atoms with E-state index in [1.807, 2.05) is 47.5 Å². The normalized spacial score (nSPS) is 16.7. The molecular formula is C27H28N6O2. The van der Waals surface area contributed by atoms with Crippen LogP contribution in [0.25, 0.3) is 10.9 Å². The Bertz CT molecular complexity index is 1410. The van der Waals surface area contributed by atoms with E-state index in [9.17, 15) is 9.59 Å². The second-order valence-electron chi connectivity index (χ2n) is 9.15. The van der Waals surface area contributed by atoms with Crippen molar-refractivity contribution in [1.82, 2.24) is 24.6 Å². The minimum absolute atomic E-state index is 0.00905. The van der Waals surface area contributed by atoms with Gasteiger partial charge in [-0.2, -0.15) is 5.10 Å². The van der Waals surface area contributed by atoms with Crippen LogP contribution in [0.15, 0.2) is 67.0 Å². The largest absolute Gasteiger partial charge is 0.354 e. The summed E-state index contributed by atoms with van der Waals surface area (Å²) < 4.78 is 4.06. The second-order valence-corrected chi connectivity index (χ2v) is 9.15. The van der Waals surface area contributed by atoms with Crippen molar-refractivity contribution < 1.29 is 9.59 Å². The van der Waals surface area contributed by atoms with Gasteiger partial charge in [0.05, 0.1) is 23.5 Å². The molecule has 0 radical (unpaired) electrons. The Morgan fingerprint density at radius 1 is 1.09 bits per heavy atom. The van der Waals surface area contributed by atoms with E-state index in [2.05, 4.69) is 45.1 Å². The molecule has 4 aromatic rings. The SMILES string of the molecule is CN1c2ccccc2C(=O)N2CCc3c(n(CCC(=O)NCCn4cccn4)c4ccccc34)[C@@H]21. The number of rotatable bonds is 6. The molecule has 1 N–H and O–H groups in total. The molecule has 2 aliphatic heterocycles. The number of aromatic nitrogens is 3. The molecule has 0 saturated carbocycles. The molecule has 1 atom stereocenters. The van der Waals surface area contributed by atoms with Gasteiger partial charge in [0.1, 0.15) is 6.17 Å². The van der Waals surface area contributed by atoms with Gasteiger partial charge in [0.15, 0.2) is 0 Å². The molecule has 35 heavy (non-hydrogen) atoms. The van der Waals surface area contributed by atoms with Gasteiger partial charge < -0.3 is 19.7 Å². The van der Waals surface area contributed by atoms with Crippen LogP contribution >= 0.6 is 0 Å². The van der Waals surface area contributed by atoms with Crippen molar-refractivity contribution in [2.24, 2.45) is 0 Å². The van der Waals surface area contributed by atoms with E-state index in [-0.39, 0.29) is 18.0 Å². The first-order valence-electron chi connectivity index (χ1n) is 12.1. The molecule has 178 valence electrons. The van der Waals surface area contributed by atoms with Gasteiger partial charge in [0, 0.05) is 56.4 Å². The van der Waals surface area contributed by atoms with Crippen LogP contribution in [-0.4, -0.2) is 51.2 Å². The highest BCUT2D eigenvalue weighted by molar-refractivity contribution is 6.02. The van der Waals surface area contributed by atoms with Crippen LogP contribution < -0.4 is 10.2 Å². The van der Waals surface area contributed by atoms with Gasteiger partial charge in [-0.3, -0.25) is 14.3 Å². The third-order valence-corrected chi connectivity index (χ3v) is 7.19. The molecule has 2 aliphatic rings. The van der Waals surface area contributed by atoms with E-state index < -0.39 is 0 Å². The number of nitrogens with zero attached hydrogens (tertiary/aromatic N) is 5. The van der Waals surface area contributed by atoms with Gasteiger partial charge in [0.2, 0.25) is 5.91 Å². The van der Waals surface area contributed by atoms with Crippen LogP contribution in [0, 0.1) is 0 Å². The maximum atomic E-state index is 13.4. The molecule has 8 nitrogen and oxygen atoms in total. The monoisotopic (exact) mass is 468 g/mol. The Hall–Kier alpha value is -4.07. The molecular weight excluding hydrogens is 440 g/mol. The fourth-order valence-electron chi connectivity index (χ4n) is 5.59. The summed E-state index contributed by atoms with van der Waals surface area (Å²) in [6, 6.07) is 18.1. The molecule has 0 saturated heterocycles. The molecule has 2 amide bonds. The highest BCUT2D eigenvalue weighted by Gasteiger charge is 2.42. The summed E-state index contributed by atoms with van der Waals surface area (Å²) in [6.45, 7) is 2.41. The Kier molecular flexibility index (Phi) is 5.28. The standard InChI is InChI=1S/C27H28N6O2/c1-30-22-9-4-3-8-21(22)27(35)33-16-11-20-19-7-2-5-10-23(19)32(25(20)26(30)33)17-12-24(34)28-14-18-31-15-6-13-29-31/h2-10,13,15,26H,11-12,14,16-18H2,1H3,(H,28,34)/t26-/m1/s1. The topological polar surface area (TPSA) is 75.4 Å². The average Bonchev–Trinajstić information content (AvgIpc) is 3.52. The summed E-state index contributed by atoms with van der Waals surface area (Å²) in [5, 5.41) is 8.39. The van der Waals surface area contributed by atoms with Gasteiger partial charge in [-0.05, 0) is 36.2 Å². The molecule has 0 spiro atoms. The van der Waals surface area contributed by atoms with Crippen molar-refractivity contribution in [3.05, 3.63) is 83.8 Å². The molecule has 8 heteroatoms. The van der Waals surface area contributed by atoms with E-state index in [0.717, 1.165) is 28.9 Å². The number of aryl methyl sites for hydroxylation is 1. The zero-order valence-corrected chi connectivity index (χ0v) is 19.7. The highest BCUT2D eigenvalue weighted by Crippen LogP contribution is 2.44. The number of nitrogens with one attached hydrogen (secondary N) is 1. The number of anilines is 1. The average molecular weight is 469 g/mol. The van der Waals surface area contributed by atoms with E-state index in [1.165, 1.54) is 10.9 Å². The van der Waals surface area contributed by atoms with Crippen molar-refractivity contribution in [2.75, 3.05) is 25.0 Å². The third kappa shape index (κ3) is 3.56. The maximum absolute atomic E-state index is 13.4. The highest BCUT2D eigenvalue weighted by atomic mass is 16.2. The molecule has 0 fully saturated rings. The summed E-state index contributed by atoms with van der Waals surface area (Å²) in [5.74, 6) is 0.0808. The smallest absolute Gasteiger partial charge is 0.257 e. The minimum atomic E-state index is -0.198. The number of amides is 2. The van der Waals surface area contributed by atoms with Crippen molar-refractivity contribution >= 4 is 28.4 Å². The van der Waals surface area contributed by atoms with Gasteiger partial charge in [-0.15, -0.1) is 0 Å². The van der Waals surface area contributed by atoms with Gasteiger partial charge in [-0.1, -0.05) is 30.3 Å². The Morgan fingerprint density at radius 3 is 2.77 bits per heavy atom. The third-order valence-electron chi connectivity index (χ3n) is 7.19. The fraction of sp³-hybridized carbons (Fsp3) is 0.296. The van der Waals surface area contributed by atoms with E-state index in [1.54, 1.807) is 10.9 Å². The van der Waals surface area contributed by atoms with Crippen LogP contribution in [0.5, 0.6) is 0 Å². The number of hydrogen-bond donors (Lipinski definition) is 1. The predicted octanol–water partition coefficient (Wildman–Crippen LogP) is 3.19. The van der Waals surface area contributed by atoms with E-state index >= 15 is 0 Å². The number of fused-ring (bicyclic) bond motifs is 6. The fourth-order valence-corrected chi connectivity index (χ4v) is 5.59. The van der Waals surface area contributed by atoms with Gasteiger partial charge in [-0.25, -0.2) is 0 Å². The lowest BCUT2D eigenvalue weighted by molar-refractivity contribution is -0.121. The Morgan fingerprint density at radius 2 is 1.91 bits per heavy atom. The van der Waals surface area contributed by atoms with Crippen molar-refractivity contribution in [3.63, 3.8) is 0 Å². The first-order chi connectivity index (χ1) is 17.1. The first-order valence-corrected chi connectivity index (χ1v) is 12.1. The quantitative estimate of drug-likeness (QED) is 0.472. The summed E-state index contributed by atoms with van der Waals surface area (Å²) in [4.78, 5) is 30.3. The van der Waals surface area contributed by atoms with Crippen LogP contribution in [-0.2, 0) is 24.3 Å². The number of carbonyl (C=O) groups is 2. The first kappa shape index (κ1) is 21.5. The number of hydrogen-bond acceptors (Lipinski definition) is 4. The van der Waals surface area contributed by atoms with Crippen LogP contribution in [0.2, 0.25) is 0 Å². The van der Waals surface area contributed by atoms with Crippen LogP contribution in [0.4, 0.5) is 5.69 Å². The molecule has 4 heterocycles. The second kappa shape index (κ2) is 8.61. The lowest BCUT2D eigenvalue weighted by Gasteiger charge is -2.46. The minimum Gasteiger partial charge on any atom is -0.354 e. The number of para-hydroxylation sites is 2. The van der Waals surface area contributed by atoms with Crippen LogP contribution in [0.1, 0.15) is 34.2 Å². The summed E-state index contributed by atoms with van der Waals surface area (Å²) in [7, 11) is 2.06. The van der Waals surface area contributed by atoms with E-state index in [4.69, 9.17) is 0 Å². The Labute approximate surface area is 203 Å². The van der Waals surface area contributed by atoms with Crippen LogP contribution in [0.3, 0.4) is 0 Å². The number of carbonyl (C=O) groups excluding carboxylic acids is 2. The Balaban J connectivity index is 1.31. The maximum Gasteiger partial charge on any atom is 0.257 e. The summed E-state index contributed by atoms with van der Waals surface area (Å²) >= 11 is 0. The molecule has 2 aromatic heterocycles. The predicted molar refractivity (Wildman–Crippen MR) is 134 cm³/mol. The molecule has 2 aromatic carbocycles.